The van der Waals surface area contributed by atoms with E-state index in [9.17, 15) is 13.6 Å². The highest BCUT2D eigenvalue weighted by molar-refractivity contribution is 6.30. The van der Waals surface area contributed by atoms with Crippen LogP contribution < -0.4 is 5.32 Å². The molecule has 0 spiro atoms. The first-order chi connectivity index (χ1) is 19.9. The third kappa shape index (κ3) is 6.57. The van der Waals surface area contributed by atoms with Crippen LogP contribution in [0.15, 0.2) is 54.7 Å². The number of imidazole rings is 1. The zero-order valence-electron chi connectivity index (χ0n) is 24.7. The van der Waals surface area contributed by atoms with Gasteiger partial charge in [-0.25, -0.2) is 13.8 Å². The van der Waals surface area contributed by atoms with E-state index in [1.807, 2.05) is 47.8 Å². The van der Waals surface area contributed by atoms with Crippen LogP contribution in [0.3, 0.4) is 0 Å². The predicted molar refractivity (Wildman–Crippen MR) is 160 cm³/mol. The number of benzene rings is 2. The van der Waals surface area contributed by atoms with Crippen molar-refractivity contribution >= 4 is 17.5 Å². The molecule has 2 atom stereocenters. The van der Waals surface area contributed by atoms with Gasteiger partial charge in [-0.05, 0) is 73.7 Å². The number of aromatic nitrogens is 4. The number of nitrogens with zero attached hydrogens (tertiary/aromatic N) is 5. The molecule has 0 bridgehead atoms. The lowest BCUT2D eigenvalue weighted by atomic mass is 9.84. The minimum absolute atomic E-state index is 0.167. The Hall–Kier alpha value is -3.56. The summed E-state index contributed by atoms with van der Waals surface area (Å²) in [5.74, 6) is -0.595. The third-order valence-electron chi connectivity index (χ3n) is 7.79. The Morgan fingerprint density at radius 3 is 2.50 bits per heavy atom. The maximum atomic E-state index is 14.3. The second kappa shape index (κ2) is 12.0. The van der Waals surface area contributed by atoms with E-state index in [2.05, 4.69) is 31.2 Å². The molecule has 2 aromatic carbocycles. The first-order valence-corrected chi connectivity index (χ1v) is 14.6. The second-order valence-corrected chi connectivity index (χ2v) is 12.7. The number of carbonyl (C=O) groups is 1. The summed E-state index contributed by atoms with van der Waals surface area (Å²) in [5, 5.41) is 8.50. The summed E-state index contributed by atoms with van der Waals surface area (Å²) in [6.45, 7) is 10.5. The van der Waals surface area contributed by atoms with Crippen LogP contribution in [0.4, 0.5) is 8.78 Å². The molecule has 1 unspecified atom stereocenters. The Balaban J connectivity index is 1.67. The summed E-state index contributed by atoms with van der Waals surface area (Å²) in [6, 6.07) is 12.2. The fraction of sp³-hybridized carbons (Fsp3) is 0.406. The summed E-state index contributed by atoms with van der Waals surface area (Å²) >= 11 is 6.33. The van der Waals surface area contributed by atoms with E-state index in [1.54, 1.807) is 16.8 Å². The van der Waals surface area contributed by atoms with E-state index in [0.717, 1.165) is 36.8 Å². The highest BCUT2D eigenvalue weighted by atomic mass is 35.5. The lowest BCUT2D eigenvalue weighted by molar-refractivity contribution is 0.0431. The van der Waals surface area contributed by atoms with E-state index in [0.29, 0.717) is 34.3 Å². The average molecular weight is 595 g/mol. The molecule has 2 aromatic heterocycles. The monoisotopic (exact) mass is 594 g/mol. The fourth-order valence-corrected chi connectivity index (χ4v) is 5.91. The highest BCUT2D eigenvalue weighted by Gasteiger charge is 2.40. The summed E-state index contributed by atoms with van der Waals surface area (Å²) in [5.41, 5.74) is 2.70. The number of hydrogen-bond acceptors (Lipinski definition) is 4. The van der Waals surface area contributed by atoms with Crippen molar-refractivity contribution in [3.05, 3.63) is 94.2 Å². The maximum Gasteiger partial charge on any atom is 0.275 e. The average Bonchev–Trinajstić information content (AvgIpc) is 3.63. The second-order valence-electron chi connectivity index (χ2n) is 12.3. The number of hydrogen-bond donors (Lipinski definition) is 1. The van der Waals surface area contributed by atoms with Crippen molar-refractivity contribution in [2.24, 2.45) is 18.4 Å². The molecule has 42 heavy (non-hydrogen) atoms. The summed E-state index contributed by atoms with van der Waals surface area (Å²) < 4.78 is 32.1. The van der Waals surface area contributed by atoms with Gasteiger partial charge in [-0.15, -0.1) is 0 Å². The molecule has 4 aromatic rings. The number of carbonyl (C=O) groups excluding carboxylic acids is 1. The molecule has 0 saturated carbocycles. The van der Waals surface area contributed by atoms with Gasteiger partial charge in [0.2, 0.25) is 0 Å². The van der Waals surface area contributed by atoms with Crippen LogP contribution in [0, 0.1) is 29.9 Å². The lowest BCUT2D eigenvalue weighted by Crippen LogP contribution is -2.45. The zero-order valence-corrected chi connectivity index (χ0v) is 25.4. The minimum atomic E-state index is -0.648. The third-order valence-corrected chi connectivity index (χ3v) is 8.03. The number of rotatable bonds is 8. The molecular weight excluding hydrogens is 558 g/mol. The molecule has 1 aliphatic rings. The molecule has 10 heteroatoms. The van der Waals surface area contributed by atoms with Gasteiger partial charge in [-0.2, -0.15) is 5.10 Å². The first-order valence-electron chi connectivity index (χ1n) is 14.2. The highest BCUT2D eigenvalue weighted by Crippen LogP contribution is 2.40. The molecule has 7 nitrogen and oxygen atoms in total. The summed E-state index contributed by atoms with van der Waals surface area (Å²) in [4.78, 5) is 21.3. The standard InChI is InChI=1S/C32H37ClF2N6O/c1-20-11-27(38-39(20)5)31(42)41(18-21-9-10-36-16-21)29(32(2,3)4)30-37-28(23-7-6-8-24(33)14-23)19-40(30)17-22-12-25(34)15-26(35)13-22/h6-8,11-15,19,21,29,36H,9-10,16-18H2,1-5H3/t21?,29-/m0/s1. The topological polar surface area (TPSA) is 68.0 Å². The number of amides is 1. The number of aryl methyl sites for hydroxylation is 2. The Morgan fingerprint density at radius 2 is 1.90 bits per heavy atom. The molecule has 1 saturated heterocycles. The van der Waals surface area contributed by atoms with Crippen molar-refractivity contribution in [3.63, 3.8) is 0 Å². The zero-order chi connectivity index (χ0) is 30.2. The van der Waals surface area contributed by atoms with Crippen molar-refractivity contribution in [1.29, 1.82) is 0 Å². The van der Waals surface area contributed by atoms with Gasteiger partial charge in [0.1, 0.15) is 17.5 Å². The minimum Gasteiger partial charge on any atom is -0.328 e. The fourth-order valence-electron chi connectivity index (χ4n) is 5.72. The van der Waals surface area contributed by atoms with Crippen molar-refractivity contribution in [2.75, 3.05) is 19.6 Å². The van der Waals surface area contributed by atoms with Crippen molar-refractivity contribution in [1.82, 2.24) is 29.5 Å². The molecule has 1 N–H and O–H groups in total. The van der Waals surface area contributed by atoms with E-state index in [-0.39, 0.29) is 18.4 Å². The summed E-state index contributed by atoms with van der Waals surface area (Å²) in [7, 11) is 1.82. The molecule has 5 rings (SSSR count). The molecule has 1 aliphatic heterocycles. The Morgan fingerprint density at radius 1 is 1.17 bits per heavy atom. The van der Waals surface area contributed by atoms with Crippen molar-refractivity contribution in [2.45, 2.75) is 46.7 Å². The van der Waals surface area contributed by atoms with Gasteiger partial charge in [0.25, 0.3) is 5.91 Å². The van der Waals surface area contributed by atoms with E-state index in [1.165, 1.54) is 12.1 Å². The maximum absolute atomic E-state index is 14.3. The van der Waals surface area contributed by atoms with Crippen LogP contribution in [0.1, 0.15) is 60.8 Å². The van der Waals surface area contributed by atoms with Crippen LogP contribution in [0.5, 0.6) is 0 Å². The van der Waals surface area contributed by atoms with Gasteiger partial charge in [0.15, 0.2) is 5.69 Å². The largest absolute Gasteiger partial charge is 0.328 e. The molecule has 1 amide bonds. The molecule has 3 heterocycles. The quantitative estimate of drug-likeness (QED) is 0.256. The Labute approximate surface area is 250 Å². The van der Waals surface area contributed by atoms with Gasteiger partial charge < -0.3 is 14.8 Å². The number of halogens is 3. The van der Waals surface area contributed by atoms with E-state index in [4.69, 9.17) is 16.6 Å². The molecule has 222 valence electrons. The normalized spacial score (nSPS) is 16.1. The van der Waals surface area contributed by atoms with Crippen molar-refractivity contribution in [3.8, 4) is 11.3 Å². The van der Waals surface area contributed by atoms with Crippen LogP contribution in [0.2, 0.25) is 5.02 Å². The molecular formula is C32H37ClF2N6O. The Bertz CT molecular complexity index is 1540. The van der Waals surface area contributed by atoms with Crippen LogP contribution in [0.25, 0.3) is 11.3 Å². The molecule has 1 fully saturated rings. The van der Waals surface area contributed by atoms with Crippen LogP contribution in [-0.4, -0.2) is 49.8 Å². The Kier molecular flexibility index (Phi) is 8.53. The molecule has 0 aliphatic carbocycles. The van der Waals surface area contributed by atoms with E-state index >= 15 is 0 Å². The molecule has 0 radical (unpaired) electrons. The van der Waals surface area contributed by atoms with Gasteiger partial charge in [0.05, 0.1) is 11.7 Å². The van der Waals surface area contributed by atoms with E-state index < -0.39 is 23.1 Å². The first kappa shape index (κ1) is 29.9. The van der Waals surface area contributed by atoms with Gasteiger partial charge in [-0.1, -0.05) is 44.5 Å². The smallest absolute Gasteiger partial charge is 0.275 e. The predicted octanol–water partition coefficient (Wildman–Crippen LogP) is 6.41. The van der Waals surface area contributed by atoms with Gasteiger partial charge >= 0.3 is 0 Å². The van der Waals surface area contributed by atoms with Crippen molar-refractivity contribution < 1.29 is 13.6 Å². The summed E-state index contributed by atoms with van der Waals surface area (Å²) in [6.07, 6.45) is 2.82. The van der Waals surface area contributed by atoms with Gasteiger partial charge in [-0.3, -0.25) is 9.48 Å². The van der Waals surface area contributed by atoms with Gasteiger partial charge in [0, 0.05) is 48.7 Å². The van der Waals surface area contributed by atoms with Crippen LogP contribution >= 0.6 is 11.6 Å². The lowest BCUT2D eigenvalue weighted by Gasteiger charge is -2.40. The SMILES string of the molecule is Cc1cc(C(=O)N(CC2CCNC2)[C@@H](c2nc(-c3cccc(Cl)c3)cn2Cc2cc(F)cc(F)c2)C(C)(C)C)nn1C. The number of nitrogens with one attached hydrogen (secondary N) is 1. The van der Waals surface area contributed by atoms with Crippen LogP contribution in [-0.2, 0) is 13.6 Å².